The molecule has 4 aromatic carbocycles. The van der Waals surface area contributed by atoms with Gasteiger partial charge >= 0.3 is 10.1 Å². The van der Waals surface area contributed by atoms with E-state index in [1.165, 1.54) is 19.3 Å². The molecule has 52 heavy (non-hydrogen) atoms. The molecule has 0 aliphatic heterocycles. The number of benzene rings is 4. The van der Waals surface area contributed by atoms with E-state index in [9.17, 15) is 12.8 Å². The van der Waals surface area contributed by atoms with Crippen molar-refractivity contribution >= 4 is 20.4 Å². The Kier molecular flexibility index (Phi) is 11.7. The van der Waals surface area contributed by atoms with Crippen molar-refractivity contribution < 1.29 is 35.0 Å². The molecule has 0 radical (unpaired) electrons. The molecule has 3 aliphatic carbocycles. The molecule has 3 aliphatic rings. The van der Waals surface area contributed by atoms with E-state index in [0.717, 1.165) is 89.2 Å². The number of hydrogen-bond acceptors (Lipinski definition) is 6. The number of ether oxygens (including phenoxy) is 3. The minimum atomic E-state index is -4.81. The second kappa shape index (κ2) is 16.6. The van der Waals surface area contributed by atoms with Gasteiger partial charge in [-0.2, -0.15) is 8.42 Å². The quantitative estimate of drug-likeness (QED) is 0.144. The van der Waals surface area contributed by atoms with E-state index in [-0.39, 0.29) is 18.3 Å². The monoisotopic (exact) mass is 750 g/mol. The van der Waals surface area contributed by atoms with Crippen molar-refractivity contribution in [1.29, 1.82) is 0 Å². The molecule has 3 saturated carbocycles. The summed E-state index contributed by atoms with van der Waals surface area (Å²) in [5, 5.41) is 0. The van der Waals surface area contributed by atoms with Crippen molar-refractivity contribution in [3.8, 4) is 17.2 Å². The lowest BCUT2D eigenvalue weighted by molar-refractivity contribution is 0.155. The third-order valence-corrected chi connectivity index (χ3v) is 15.6. The standard InChI is InChI=1S/C42H48F2O6S2/c43-31-16-29-42(41(44)30-31)52(45,46)50-51(38-23-17-35(18-24-38)47-32-10-4-1-5-11-32,39-25-19-36(20-26-39)48-33-12-6-2-7-13-33)40-27-21-37(22-28-40)49-34-14-8-3-9-15-34/h16-30,32-34H,1-15H2. The Morgan fingerprint density at radius 1 is 0.462 bits per heavy atom. The normalized spacial score (nSPS) is 18.5. The lowest BCUT2D eigenvalue weighted by atomic mass is 9.98. The fraction of sp³-hybridized carbons (Fsp3) is 0.429. The zero-order valence-corrected chi connectivity index (χ0v) is 31.2. The number of halogens is 2. The molecule has 4 aromatic rings. The Morgan fingerprint density at radius 3 is 1.13 bits per heavy atom. The maximum Gasteiger partial charge on any atom is 0.310 e. The maximum atomic E-state index is 15.2. The molecule has 10 heteroatoms. The van der Waals surface area contributed by atoms with Crippen molar-refractivity contribution in [2.24, 2.45) is 0 Å². The molecule has 0 aromatic heterocycles. The fourth-order valence-electron chi connectivity index (χ4n) is 7.63. The van der Waals surface area contributed by atoms with Gasteiger partial charge in [0.15, 0.2) is 0 Å². The van der Waals surface area contributed by atoms with E-state index in [2.05, 4.69) is 0 Å². The highest BCUT2D eigenvalue weighted by Crippen LogP contribution is 2.70. The molecule has 0 bridgehead atoms. The Labute approximate surface area is 308 Å². The van der Waals surface area contributed by atoms with Crippen LogP contribution < -0.4 is 14.2 Å². The Balaban J connectivity index is 1.32. The van der Waals surface area contributed by atoms with Gasteiger partial charge in [0.2, 0.25) is 0 Å². The van der Waals surface area contributed by atoms with Gasteiger partial charge in [0.05, 0.1) is 18.3 Å². The SMILES string of the molecule is O=S(=O)(OS(c1ccc(OC2CCCCC2)cc1)(c1ccc(OC2CCCCC2)cc1)c1ccc(OC2CCCCC2)cc1)c1ccc(F)cc1F. The summed E-state index contributed by atoms with van der Waals surface area (Å²) < 4.78 is 83.1. The van der Waals surface area contributed by atoms with Crippen LogP contribution in [-0.4, -0.2) is 26.7 Å². The van der Waals surface area contributed by atoms with Gasteiger partial charge < -0.3 is 14.2 Å². The highest BCUT2D eigenvalue weighted by molar-refractivity contribution is 8.33. The van der Waals surface area contributed by atoms with Gasteiger partial charge in [0, 0.05) is 20.8 Å². The first-order valence-corrected chi connectivity index (χ1v) is 21.8. The van der Waals surface area contributed by atoms with Crippen LogP contribution in [-0.2, 0) is 13.7 Å². The first kappa shape index (κ1) is 36.7. The second-order valence-corrected chi connectivity index (χ2v) is 18.6. The van der Waals surface area contributed by atoms with E-state index in [1.807, 2.05) is 72.8 Å². The van der Waals surface area contributed by atoms with Crippen LogP contribution in [0, 0.1) is 11.6 Å². The van der Waals surface area contributed by atoms with Gasteiger partial charge in [-0.25, -0.2) is 12.4 Å². The summed E-state index contributed by atoms with van der Waals surface area (Å²) in [5.41, 5.74) is 0. The summed E-state index contributed by atoms with van der Waals surface area (Å²) in [5.74, 6) is -0.0562. The number of hydrogen-bond donors (Lipinski definition) is 0. The third kappa shape index (κ3) is 8.61. The molecule has 0 saturated heterocycles. The average molecular weight is 751 g/mol. The van der Waals surface area contributed by atoms with Crippen molar-refractivity contribution in [2.75, 3.05) is 0 Å². The Morgan fingerprint density at radius 2 is 0.808 bits per heavy atom. The summed E-state index contributed by atoms with van der Waals surface area (Å²) >= 11 is 0. The topological polar surface area (TPSA) is 71.1 Å². The largest absolute Gasteiger partial charge is 0.490 e. The van der Waals surface area contributed by atoms with E-state index in [1.54, 1.807) is 0 Å². The highest BCUT2D eigenvalue weighted by atomic mass is 32.3. The minimum absolute atomic E-state index is 0.128. The predicted octanol–water partition coefficient (Wildman–Crippen LogP) is 11.7. The summed E-state index contributed by atoms with van der Waals surface area (Å²) in [6.45, 7) is 0. The smallest absolute Gasteiger partial charge is 0.310 e. The summed E-state index contributed by atoms with van der Waals surface area (Å²) in [4.78, 5) is 0.960. The molecule has 0 atom stereocenters. The Hall–Kier alpha value is -3.60. The zero-order valence-electron chi connectivity index (χ0n) is 29.5. The third-order valence-electron chi connectivity index (χ3n) is 10.4. The van der Waals surface area contributed by atoms with Crippen LogP contribution in [0.3, 0.4) is 0 Å². The lowest BCUT2D eigenvalue weighted by Gasteiger charge is -2.39. The molecule has 0 amide bonds. The van der Waals surface area contributed by atoms with Gasteiger partial charge in [0.1, 0.15) is 33.8 Å². The lowest BCUT2D eigenvalue weighted by Crippen LogP contribution is -2.20. The predicted molar refractivity (Wildman–Crippen MR) is 199 cm³/mol. The highest BCUT2D eigenvalue weighted by Gasteiger charge is 2.40. The second-order valence-electron chi connectivity index (χ2n) is 14.2. The molecule has 0 spiro atoms. The maximum absolute atomic E-state index is 15.2. The Bertz CT molecular complexity index is 1710. The molecular formula is C42H48F2O6S2. The summed E-state index contributed by atoms with van der Waals surface area (Å²) in [6.07, 6.45) is 16.7. The van der Waals surface area contributed by atoms with Crippen LogP contribution >= 0.6 is 10.3 Å². The van der Waals surface area contributed by atoms with E-state index >= 15 is 4.39 Å². The summed E-state index contributed by atoms with van der Waals surface area (Å²) in [7, 11) is -7.94. The van der Waals surface area contributed by atoms with Crippen LogP contribution in [0.2, 0.25) is 0 Å². The van der Waals surface area contributed by atoms with E-state index < -0.39 is 37.0 Å². The molecule has 0 unspecified atom stereocenters. The number of rotatable bonds is 12. The zero-order chi connectivity index (χ0) is 36.0. The van der Waals surface area contributed by atoms with E-state index in [0.29, 0.717) is 38.0 Å². The summed E-state index contributed by atoms with van der Waals surface area (Å²) in [6, 6.07) is 24.5. The first-order chi connectivity index (χ1) is 25.3. The molecule has 0 N–H and O–H groups in total. The minimum Gasteiger partial charge on any atom is -0.490 e. The van der Waals surface area contributed by atoms with Gasteiger partial charge in [-0.15, -0.1) is 0 Å². The fourth-order valence-corrected chi connectivity index (χ4v) is 12.8. The van der Waals surface area contributed by atoms with Crippen molar-refractivity contribution in [3.05, 3.63) is 103 Å². The average Bonchev–Trinajstić information content (AvgIpc) is 3.16. The molecule has 0 heterocycles. The van der Waals surface area contributed by atoms with Gasteiger partial charge in [-0.05, 0) is 172 Å². The van der Waals surface area contributed by atoms with Crippen LogP contribution in [0.15, 0.2) is 111 Å². The van der Waals surface area contributed by atoms with Crippen LogP contribution in [0.5, 0.6) is 17.2 Å². The van der Waals surface area contributed by atoms with Gasteiger partial charge in [0.25, 0.3) is 0 Å². The molecule has 6 nitrogen and oxygen atoms in total. The molecule has 7 rings (SSSR count). The van der Waals surface area contributed by atoms with Gasteiger partial charge in [-0.3, -0.25) is 0 Å². The molecule has 3 fully saturated rings. The van der Waals surface area contributed by atoms with E-state index in [4.69, 9.17) is 17.8 Å². The van der Waals surface area contributed by atoms with Crippen LogP contribution in [0.1, 0.15) is 96.3 Å². The van der Waals surface area contributed by atoms with Crippen molar-refractivity contribution in [1.82, 2.24) is 0 Å². The first-order valence-electron chi connectivity index (χ1n) is 18.8. The molecular weight excluding hydrogens is 703 g/mol. The van der Waals surface area contributed by atoms with Crippen molar-refractivity contribution in [3.63, 3.8) is 0 Å². The molecule has 278 valence electrons. The van der Waals surface area contributed by atoms with Crippen LogP contribution in [0.25, 0.3) is 0 Å². The van der Waals surface area contributed by atoms with Crippen molar-refractivity contribution in [2.45, 2.75) is 134 Å². The van der Waals surface area contributed by atoms with Crippen LogP contribution in [0.4, 0.5) is 8.78 Å². The van der Waals surface area contributed by atoms with Gasteiger partial charge in [-0.1, -0.05) is 19.3 Å².